The maximum Gasteiger partial charge on any atom is 0.0951 e. The van der Waals surface area contributed by atoms with E-state index in [9.17, 15) is 0 Å². The van der Waals surface area contributed by atoms with Gasteiger partial charge in [-0.05, 0) is 31.4 Å². The van der Waals surface area contributed by atoms with Crippen molar-refractivity contribution < 1.29 is 0 Å². The van der Waals surface area contributed by atoms with Crippen LogP contribution in [0.15, 0.2) is 36.8 Å². The molecule has 2 rings (SSSR count). The Kier molecular flexibility index (Phi) is 3.53. The number of nitrogens with two attached hydrogens (primary N) is 1. The summed E-state index contributed by atoms with van der Waals surface area (Å²) in [6, 6.07) is 8.52. The number of nitrogens with zero attached hydrogens (tertiary/aromatic N) is 2. The third-order valence-electron chi connectivity index (χ3n) is 3.21. The largest absolute Gasteiger partial charge is 0.328 e. The maximum absolute atomic E-state index is 6.17. The molecule has 0 aliphatic carbocycles. The molecule has 0 aliphatic heterocycles. The summed E-state index contributed by atoms with van der Waals surface area (Å²) in [5, 5.41) is 0. The molecular weight excluding hydrogens is 222 g/mol. The van der Waals surface area contributed by atoms with E-state index in [1.165, 1.54) is 11.1 Å². The topological polar surface area (TPSA) is 43.8 Å². The van der Waals surface area contributed by atoms with Crippen LogP contribution in [0.3, 0.4) is 0 Å². The molecule has 1 aromatic carbocycles. The monoisotopic (exact) mass is 243 g/mol. The van der Waals surface area contributed by atoms with E-state index in [-0.39, 0.29) is 5.54 Å². The molecule has 0 saturated heterocycles. The smallest absolute Gasteiger partial charge is 0.0951 e. The first-order valence-electron chi connectivity index (χ1n) is 6.38. The third kappa shape index (κ3) is 2.62. The lowest BCUT2D eigenvalue weighted by Gasteiger charge is -2.21. The number of benzene rings is 1. The van der Waals surface area contributed by atoms with Crippen LogP contribution < -0.4 is 5.73 Å². The fourth-order valence-electron chi connectivity index (χ4n) is 2.22. The van der Waals surface area contributed by atoms with Gasteiger partial charge < -0.3 is 10.3 Å². The molecule has 2 N–H and O–H groups in total. The third-order valence-corrected chi connectivity index (χ3v) is 3.21. The Morgan fingerprint density at radius 3 is 2.50 bits per heavy atom. The zero-order chi connectivity index (χ0) is 13.2. The summed E-state index contributed by atoms with van der Waals surface area (Å²) < 4.78 is 2.13. The minimum Gasteiger partial charge on any atom is -0.328 e. The predicted octanol–water partition coefficient (Wildman–Crippen LogP) is 2.69. The summed E-state index contributed by atoms with van der Waals surface area (Å²) in [5.74, 6) is 0. The highest BCUT2D eigenvalue weighted by Gasteiger charge is 2.19. The van der Waals surface area contributed by atoms with Crippen molar-refractivity contribution in [1.82, 2.24) is 9.55 Å². The Morgan fingerprint density at radius 1 is 1.22 bits per heavy atom. The zero-order valence-electron chi connectivity index (χ0n) is 11.4. The molecule has 0 aliphatic rings. The van der Waals surface area contributed by atoms with Gasteiger partial charge in [0.15, 0.2) is 0 Å². The molecule has 3 heteroatoms. The average molecular weight is 243 g/mol. The van der Waals surface area contributed by atoms with E-state index >= 15 is 0 Å². The maximum atomic E-state index is 6.17. The molecule has 1 heterocycles. The van der Waals surface area contributed by atoms with E-state index in [0.717, 1.165) is 18.7 Å². The van der Waals surface area contributed by atoms with Gasteiger partial charge in [-0.3, -0.25) is 0 Å². The average Bonchev–Trinajstić information content (AvgIpc) is 2.78. The van der Waals surface area contributed by atoms with E-state index in [0.29, 0.717) is 0 Å². The molecule has 0 radical (unpaired) electrons. The molecular formula is C15H21N3. The fraction of sp³-hybridized carbons (Fsp3) is 0.400. The van der Waals surface area contributed by atoms with E-state index in [1.807, 2.05) is 26.4 Å². The van der Waals surface area contributed by atoms with Crippen LogP contribution in [0, 0.1) is 0 Å². The number of hydrogen-bond acceptors (Lipinski definition) is 2. The highest BCUT2D eigenvalue weighted by molar-refractivity contribution is 5.28. The highest BCUT2D eigenvalue weighted by atomic mass is 15.1. The molecule has 0 amide bonds. The zero-order valence-corrected chi connectivity index (χ0v) is 11.4. The van der Waals surface area contributed by atoms with Gasteiger partial charge in [-0.15, -0.1) is 0 Å². The highest BCUT2D eigenvalue weighted by Crippen LogP contribution is 2.19. The first-order valence-corrected chi connectivity index (χ1v) is 6.38. The van der Waals surface area contributed by atoms with Crippen molar-refractivity contribution in [3.8, 4) is 0 Å². The van der Waals surface area contributed by atoms with E-state index < -0.39 is 0 Å². The van der Waals surface area contributed by atoms with Gasteiger partial charge in [-0.1, -0.05) is 31.2 Å². The lowest BCUT2D eigenvalue weighted by atomic mass is 10.0. The molecule has 0 bridgehead atoms. The van der Waals surface area contributed by atoms with Crippen LogP contribution in [-0.2, 0) is 18.5 Å². The molecule has 0 fully saturated rings. The molecule has 0 saturated carbocycles. The molecule has 1 aromatic heterocycles. The predicted molar refractivity (Wildman–Crippen MR) is 74.4 cm³/mol. The second-order valence-electron chi connectivity index (χ2n) is 5.25. The first-order chi connectivity index (χ1) is 8.52. The van der Waals surface area contributed by atoms with E-state index in [1.54, 1.807) is 0 Å². The van der Waals surface area contributed by atoms with E-state index in [2.05, 4.69) is 40.7 Å². The Balaban J connectivity index is 2.32. The molecule has 96 valence electrons. The summed E-state index contributed by atoms with van der Waals surface area (Å²) in [7, 11) is 0. The standard InChI is InChI=1S/C15H21N3/c1-4-12-7-5-6-8-13(12)10-18-11-17-9-14(18)15(2,3)16/h5-9,11H,4,10,16H2,1-3H3. The quantitative estimate of drug-likeness (QED) is 0.897. The van der Waals surface area contributed by atoms with Crippen molar-refractivity contribution in [3.05, 3.63) is 53.6 Å². The van der Waals surface area contributed by atoms with Crippen LogP contribution in [-0.4, -0.2) is 9.55 Å². The van der Waals surface area contributed by atoms with Crippen molar-refractivity contribution >= 4 is 0 Å². The van der Waals surface area contributed by atoms with Gasteiger partial charge in [0.1, 0.15) is 0 Å². The van der Waals surface area contributed by atoms with Gasteiger partial charge in [0.2, 0.25) is 0 Å². The Morgan fingerprint density at radius 2 is 1.89 bits per heavy atom. The Bertz CT molecular complexity index is 521. The van der Waals surface area contributed by atoms with Crippen molar-refractivity contribution in [2.24, 2.45) is 5.73 Å². The molecule has 2 aromatic rings. The minimum absolute atomic E-state index is 0.363. The van der Waals surface area contributed by atoms with Gasteiger partial charge in [0, 0.05) is 12.7 Å². The van der Waals surface area contributed by atoms with Gasteiger partial charge in [0.25, 0.3) is 0 Å². The summed E-state index contributed by atoms with van der Waals surface area (Å²) >= 11 is 0. The van der Waals surface area contributed by atoms with Crippen LogP contribution in [0.4, 0.5) is 0 Å². The summed E-state index contributed by atoms with van der Waals surface area (Å²) in [6.07, 6.45) is 4.76. The molecule has 0 unspecified atom stereocenters. The summed E-state index contributed by atoms with van der Waals surface area (Å²) in [6.45, 7) is 7.03. The molecule has 3 nitrogen and oxygen atoms in total. The van der Waals surface area contributed by atoms with Gasteiger partial charge in [0.05, 0.1) is 17.6 Å². The van der Waals surface area contributed by atoms with Crippen LogP contribution >= 0.6 is 0 Å². The Hall–Kier alpha value is -1.61. The van der Waals surface area contributed by atoms with Crippen LogP contribution in [0.25, 0.3) is 0 Å². The van der Waals surface area contributed by atoms with Gasteiger partial charge in [-0.2, -0.15) is 0 Å². The SMILES string of the molecule is CCc1ccccc1Cn1cncc1C(C)(C)N. The van der Waals surface area contributed by atoms with Crippen molar-refractivity contribution in [2.45, 2.75) is 39.3 Å². The second kappa shape index (κ2) is 4.94. The molecule has 18 heavy (non-hydrogen) atoms. The normalized spacial score (nSPS) is 11.8. The summed E-state index contributed by atoms with van der Waals surface area (Å²) in [5.41, 5.74) is 9.58. The second-order valence-corrected chi connectivity index (χ2v) is 5.25. The first kappa shape index (κ1) is 12.8. The fourth-order valence-corrected chi connectivity index (χ4v) is 2.22. The number of rotatable bonds is 4. The minimum atomic E-state index is -0.363. The van der Waals surface area contributed by atoms with Crippen molar-refractivity contribution in [2.75, 3.05) is 0 Å². The lowest BCUT2D eigenvalue weighted by Crippen LogP contribution is -2.31. The van der Waals surface area contributed by atoms with Crippen LogP contribution in [0.1, 0.15) is 37.6 Å². The van der Waals surface area contributed by atoms with Crippen molar-refractivity contribution in [3.63, 3.8) is 0 Å². The molecule has 0 atom stereocenters. The van der Waals surface area contributed by atoms with Gasteiger partial charge in [-0.25, -0.2) is 4.98 Å². The Labute approximate surface area is 109 Å². The van der Waals surface area contributed by atoms with Gasteiger partial charge >= 0.3 is 0 Å². The lowest BCUT2D eigenvalue weighted by molar-refractivity contribution is 0.503. The van der Waals surface area contributed by atoms with Crippen LogP contribution in [0.5, 0.6) is 0 Å². The summed E-state index contributed by atoms with van der Waals surface area (Å²) in [4.78, 5) is 4.22. The van der Waals surface area contributed by atoms with Crippen molar-refractivity contribution in [1.29, 1.82) is 0 Å². The number of imidazole rings is 1. The van der Waals surface area contributed by atoms with E-state index in [4.69, 9.17) is 5.73 Å². The number of hydrogen-bond donors (Lipinski definition) is 1. The number of aryl methyl sites for hydroxylation is 1. The van der Waals surface area contributed by atoms with Crippen LogP contribution in [0.2, 0.25) is 0 Å². The molecule has 0 spiro atoms. The number of aromatic nitrogens is 2.